The summed E-state index contributed by atoms with van der Waals surface area (Å²) < 4.78 is 27.7. The summed E-state index contributed by atoms with van der Waals surface area (Å²) in [6.07, 6.45) is 3.05. The Labute approximate surface area is 164 Å². The summed E-state index contributed by atoms with van der Waals surface area (Å²) in [6.45, 7) is 2.81. The highest BCUT2D eigenvalue weighted by atomic mass is 32.2. The molecule has 2 aromatic rings. The van der Waals surface area contributed by atoms with E-state index in [1.807, 2.05) is 23.1 Å². The van der Waals surface area contributed by atoms with E-state index in [2.05, 4.69) is 24.9 Å². The lowest BCUT2D eigenvalue weighted by Crippen LogP contribution is -2.51. The van der Waals surface area contributed by atoms with E-state index in [0.717, 1.165) is 13.1 Å². The highest BCUT2D eigenvalue weighted by Gasteiger charge is 2.23. The van der Waals surface area contributed by atoms with Gasteiger partial charge in [0.15, 0.2) is 16.7 Å². The molecule has 0 amide bonds. The Balaban J connectivity index is 1.72. The van der Waals surface area contributed by atoms with E-state index in [-0.39, 0.29) is 11.6 Å². The first-order valence-corrected chi connectivity index (χ1v) is 10.6. The third-order valence-corrected chi connectivity index (χ3v) is 5.89. The van der Waals surface area contributed by atoms with Crippen molar-refractivity contribution in [3.05, 3.63) is 48.3 Å². The van der Waals surface area contributed by atoms with Gasteiger partial charge in [-0.05, 0) is 17.8 Å². The molecule has 0 bridgehead atoms. The Kier molecular flexibility index (Phi) is 6.07. The molecular formula is C17H22N6O2S2. The van der Waals surface area contributed by atoms with Crippen LogP contribution in [0.2, 0.25) is 0 Å². The second kappa shape index (κ2) is 8.49. The predicted molar refractivity (Wildman–Crippen MR) is 110 cm³/mol. The highest BCUT2D eigenvalue weighted by Crippen LogP contribution is 2.23. The number of nitrogens with one attached hydrogen (secondary N) is 2. The minimum Gasteiger partial charge on any atom is -0.366 e. The fourth-order valence-electron chi connectivity index (χ4n) is 2.89. The Morgan fingerprint density at radius 1 is 1.11 bits per heavy atom. The quantitative estimate of drug-likeness (QED) is 0.712. The van der Waals surface area contributed by atoms with Gasteiger partial charge in [-0.1, -0.05) is 30.3 Å². The first-order valence-electron chi connectivity index (χ1n) is 8.55. The lowest BCUT2D eigenvalue weighted by molar-refractivity contribution is 0.381. The summed E-state index contributed by atoms with van der Waals surface area (Å²) >= 11 is 5.27. The van der Waals surface area contributed by atoms with Gasteiger partial charge in [0.2, 0.25) is 10.0 Å². The zero-order chi connectivity index (χ0) is 19.3. The van der Waals surface area contributed by atoms with Crippen molar-refractivity contribution in [2.45, 2.75) is 5.75 Å². The number of hydrogen-bond acceptors (Lipinski definition) is 6. The van der Waals surface area contributed by atoms with Crippen LogP contribution in [0.1, 0.15) is 5.56 Å². The maximum atomic E-state index is 12.6. The number of anilines is 2. The number of piperazine rings is 1. The fourth-order valence-corrected chi connectivity index (χ4v) is 4.22. The summed E-state index contributed by atoms with van der Waals surface area (Å²) in [7, 11) is -1.79. The van der Waals surface area contributed by atoms with Gasteiger partial charge in [0.25, 0.3) is 0 Å². The zero-order valence-electron chi connectivity index (χ0n) is 15.0. The third-order valence-electron chi connectivity index (χ3n) is 4.21. The van der Waals surface area contributed by atoms with Gasteiger partial charge in [0.1, 0.15) is 0 Å². The Bertz CT molecular complexity index is 883. The fraction of sp³-hybridized carbons (Fsp3) is 0.353. The monoisotopic (exact) mass is 406 g/mol. The van der Waals surface area contributed by atoms with Gasteiger partial charge >= 0.3 is 0 Å². The molecule has 10 heteroatoms. The lowest BCUT2D eigenvalue weighted by Gasteiger charge is -2.36. The summed E-state index contributed by atoms with van der Waals surface area (Å²) in [6, 6.07) is 9.03. The van der Waals surface area contributed by atoms with Crippen molar-refractivity contribution in [2.75, 3.05) is 42.8 Å². The van der Waals surface area contributed by atoms with Crippen LogP contribution in [0, 0.1) is 0 Å². The SMILES string of the molecule is CNC(=S)N1CCN(c2nccnc2NS(=O)(=O)Cc2ccccc2)CC1. The molecule has 144 valence electrons. The van der Waals surface area contributed by atoms with E-state index in [9.17, 15) is 8.42 Å². The molecule has 0 radical (unpaired) electrons. The Morgan fingerprint density at radius 2 is 1.78 bits per heavy atom. The maximum absolute atomic E-state index is 12.6. The number of hydrogen-bond donors (Lipinski definition) is 2. The van der Waals surface area contributed by atoms with Crippen LogP contribution in [0.15, 0.2) is 42.7 Å². The van der Waals surface area contributed by atoms with Gasteiger partial charge in [0, 0.05) is 45.6 Å². The van der Waals surface area contributed by atoms with E-state index >= 15 is 0 Å². The van der Waals surface area contributed by atoms with E-state index in [1.54, 1.807) is 25.4 Å². The molecule has 8 nitrogen and oxygen atoms in total. The zero-order valence-corrected chi connectivity index (χ0v) is 16.6. The molecular weight excluding hydrogens is 384 g/mol. The lowest BCUT2D eigenvalue weighted by atomic mass is 10.2. The van der Waals surface area contributed by atoms with Crippen molar-refractivity contribution < 1.29 is 8.42 Å². The second-order valence-corrected chi connectivity index (χ2v) is 8.21. The molecule has 0 spiro atoms. The molecule has 1 aromatic carbocycles. The van der Waals surface area contributed by atoms with Gasteiger partial charge < -0.3 is 15.1 Å². The number of sulfonamides is 1. The summed E-state index contributed by atoms with van der Waals surface area (Å²) in [5.74, 6) is 0.663. The normalized spacial score (nSPS) is 14.7. The molecule has 2 heterocycles. The minimum absolute atomic E-state index is 0.117. The molecule has 1 aromatic heterocycles. The first-order chi connectivity index (χ1) is 13.0. The van der Waals surface area contributed by atoms with Crippen LogP contribution < -0.4 is 14.9 Å². The third kappa shape index (κ3) is 5.04. The highest BCUT2D eigenvalue weighted by molar-refractivity contribution is 7.91. The molecule has 3 rings (SSSR count). The number of aromatic nitrogens is 2. The molecule has 2 N–H and O–H groups in total. The molecule has 1 aliphatic heterocycles. The van der Waals surface area contributed by atoms with E-state index in [4.69, 9.17) is 12.2 Å². The number of nitrogens with zero attached hydrogens (tertiary/aromatic N) is 4. The number of thiocarbonyl (C=S) groups is 1. The van der Waals surface area contributed by atoms with Gasteiger partial charge in [-0.15, -0.1) is 0 Å². The van der Waals surface area contributed by atoms with Gasteiger partial charge in [-0.2, -0.15) is 0 Å². The smallest absolute Gasteiger partial charge is 0.238 e. The minimum atomic E-state index is -3.60. The molecule has 1 saturated heterocycles. The van der Waals surface area contributed by atoms with Crippen molar-refractivity contribution >= 4 is 39.0 Å². The van der Waals surface area contributed by atoms with Crippen LogP contribution in [0.5, 0.6) is 0 Å². The summed E-state index contributed by atoms with van der Waals surface area (Å²) in [5, 5.41) is 3.68. The number of benzene rings is 1. The van der Waals surface area contributed by atoms with Crippen LogP contribution in [0.4, 0.5) is 11.6 Å². The van der Waals surface area contributed by atoms with Crippen molar-refractivity contribution in [2.24, 2.45) is 0 Å². The Hall–Kier alpha value is -2.46. The van der Waals surface area contributed by atoms with Gasteiger partial charge in [-0.25, -0.2) is 18.4 Å². The van der Waals surface area contributed by atoms with Gasteiger partial charge in [0.05, 0.1) is 5.75 Å². The average Bonchev–Trinajstić information content (AvgIpc) is 2.68. The summed E-state index contributed by atoms with van der Waals surface area (Å²) in [5.41, 5.74) is 0.713. The van der Waals surface area contributed by atoms with Crippen molar-refractivity contribution in [3.63, 3.8) is 0 Å². The summed E-state index contributed by atoms with van der Waals surface area (Å²) in [4.78, 5) is 12.6. The molecule has 0 aliphatic carbocycles. The van der Waals surface area contributed by atoms with Gasteiger partial charge in [-0.3, -0.25) is 4.72 Å². The molecule has 1 aliphatic rings. The van der Waals surface area contributed by atoms with Crippen LogP contribution >= 0.6 is 12.2 Å². The van der Waals surface area contributed by atoms with Crippen molar-refractivity contribution in [3.8, 4) is 0 Å². The second-order valence-electron chi connectivity index (χ2n) is 6.10. The van der Waals surface area contributed by atoms with Crippen LogP contribution in [0.3, 0.4) is 0 Å². The molecule has 0 unspecified atom stereocenters. The largest absolute Gasteiger partial charge is 0.366 e. The standard InChI is InChI=1S/C17H22N6O2S2/c1-18-17(26)23-11-9-22(10-12-23)16-15(19-7-8-20-16)21-27(24,25)13-14-5-3-2-4-6-14/h2-8H,9-13H2,1H3,(H,18,26)(H,19,21). The van der Waals surface area contributed by atoms with Crippen LogP contribution in [0.25, 0.3) is 0 Å². The molecule has 1 fully saturated rings. The van der Waals surface area contributed by atoms with E-state index in [1.165, 1.54) is 6.20 Å². The maximum Gasteiger partial charge on any atom is 0.238 e. The Morgan fingerprint density at radius 3 is 2.44 bits per heavy atom. The topological polar surface area (TPSA) is 90.5 Å². The van der Waals surface area contributed by atoms with Crippen molar-refractivity contribution in [1.82, 2.24) is 20.2 Å². The average molecular weight is 407 g/mol. The van der Waals surface area contributed by atoms with E-state index in [0.29, 0.717) is 29.6 Å². The molecule has 27 heavy (non-hydrogen) atoms. The van der Waals surface area contributed by atoms with Crippen LogP contribution in [-0.4, -0.2) is 61.6 Å². The first kappa shape index (κ1) is 19.3. The van der Waals surface area contributed by atoms with E-state index < -0.39 is 10.0 Å². The number of rotatable bonds is 5. The van der Waals surface area contributed by atoms with Crippen LogP contribution in [-0.2, 0) is 15.8 Å². The van der Waals surface area contributed by atoms with Crippen molar-refractivity contribution in [1.29, 1.82) is 0 Å². The molecule has 0 saturated carbocycles. The predicted octanol–water partition coefficient (Wildman–Crippen LogP) is 1.04. The molecule has 0 atom stereocenters.